The summed E-state index contributed by atoms with van der Waals surface area (Å²) in [7, 11) is 0. The molecule has 0 spiro atoms. The van der Waals surface area contributed by atoms with Gasteiger partial charge in [-0.2, -0.15) is 0 Å². The van der Waals surface area contributed by atoms with E-state index in [1.807, 2.05) is 12.1 Å². The summed E-state index contributed by atoms with van der Waals surface area (Å²) in [6, 6.07) is 10.2. The molecule has 1 N–H and O–H groups in total. The number of aromatic amines is 1. The van der Waals surface area contributed by atoms with Crippen LogP contribution in [0.1, 0.15) is 0 Å². The molecule has 0 saturated carbocycles. The van der Waals surface area contributed by atoms with Gasteiger partial charge in [0.05, 0.1) is 22.8 Å². The lowest BCUT2D eigenvalue weighted by atomic mass is 10.2. The summed E-state index contributed by atoms with van der Waals surface area (Å²) in [4.78, 5) is 16.2. The Kier molecular flexibility index (Phi) is 2.26. The fraction of sp³-hybridized carbons (Fsp3) is 0. The van der Waals surface area contributed by atoms with Crippen molar-refractivity contribution in [2.75, 3.05) is 0 Å². The van der Waals surface area contributed by atoms with E-state index in [0.29, 0.717) is 16.9 Å². The van der Waals surface area contributed by atoms with Crippen molar-refractivity contribution in [3.8, 4) is 11.4 Å². The second-order valence-corrected chi connectivity index (χ2v) is 4.46. The van der Waals surface area contributed by atoms with Crippen molar-refractivity contribution in [2.45, 2.75) is 0 Å². The minimum absolute atomic E-state index is 0.334. The number of nitrogens with zero attached hydrogens (tertiary/aromatic N) is 3. The van der Waals surface area contributed by atoms with Gasteiger partial charge < -0.3 is 4.98 Å². The Labute approximate surface area is 113 Å². The molecule has 96 valence electrons. The molecule has 0 fully saturated rings. The SMILES string of the molecule is Fc1ccccc1-c1ncc2[nH]c3cccnc3c2n1. The molecule has 0 atom stereocenters. The van der Waals surface area contributed by atoms with Gasteiger partial charge in [0.1, 0.15) is 16.9 Å². The number of aromatic nitrogens is 4. The van der Waals surface area contributed by atoms with Crippen LogP contribution in [0.5, 0.6) is 0 Å². The number of H-pyrrole nitrogens is 1. The molecule has 0 bridgehead atoms. The van der Waals surface area contributed by atoms with Crippen LogP contribution in [0.2, 0.25) is 0 Å². The molecule has 4 aromatic rings. The Balaban J connectivity index is 2.03. The van der Waals surface area contributed by atoms with E-state index in [9.17, 15) is 4.39 Å². The van der Waals surface area contributed by atoms with E-state index in [1.54, 1.807) is 30.6 Å². The van der Waals surface area contributed by atoms with Gasteiger partial charge in [0.25, 0.3) is 0 Å². The Bertz CT molecular complexity index is 929. The molecule has 0 aliphatic rings. The van der Waals surface area contributed by atoms with E-state index in [2.05, 4.69) is 19.9 Å². The molecule has 0 radical (unpaired) electrons. The minimum Gasteiger partial charge on any atom is -0.351 e. The summed E-state index contributed by atoms with van der Waals surface area (Å²) < 4.78 is 13.8. The maximum absolute atomic E-state index is 13.8. The summed E-state index contributed by atoms with van der Waals surface area (Å²) in [5, 5.41) is 0. The molecular weight excluding hydrogens is 255 g/mol. The lowest BCUT2D eigenvalue weighted by molar-refractivity contribution is 0.630. The first-order chi connectivity index (χ1) is 9.83. The highest BCUT2D eigenvalue weighted by Gasteiger charge is 2.11. The van der Waals surface area contributed by atoms with Gasteiger partial charge in [-0.15, -0.1) is 0 Å². The fourth-order valence-corrected chi connectivity index (χ4v) is 2.27. The van der Waals surface area contributed by atoms with Crippen LogP contribution in [0.4, 0.5) is 4.39 Å². The van der Waals surface area contributed by atoms with Gasteiger partial charge in [-0.25, -0.2) is 14.4 Å². The standard InChI is InChI=1S/C15H9FN4/c16-10-5-2-1-4-9(10)15-18-8-12-14(20-15)13-11(19-12)6-3-7-17-13/h1-8,19H. The van der Waals surface area contributed by atoms with Crippen LogP contribution in [0.3, 0.4) is 0 Å². The van der Waals surface area contributed by atoms with Crippen LogP contribution < -0.4 is 0 Å². The average molecular weight is 264 g/mol. The summed E-state index contributed by atoms with van der Waals surface area (Å²) in [6.45, 7) is 0. The molecule has 20 heavy (non-hydrogen) atoms. The smallest absolute Gasteiger partial charge is 0.162 e. The predicted octanol–water partition coefficient (Wildman–Crippen LogP) is 3.31. The number of rotatable bonds is 1. The number of fused-ring (bicyclic) bond motifs is 3. The molecular formula is C15H9FN4. The zero-order chi connectivity index (χ0) is 13.5. The van der Waals surface area contributed by atoms with E-state index < -0.39 is 0 Å². The molecule has 0 saturated heterocycles. The highest BCUT2D eigenvalue weighted by Crippen LogP contribution is 2.24. The first-order valence-corrected chi connectivity index (χ1v) is 6.17. The molecule has 5 heteroatoms. The van der Waals surface area contributed by atoms with Crippen LogP contribution in [-0.2, 0) is 0 Å². The number of hydrogen-bond donors (Lipinski definition) is 1. The molecule has 0 unspecified atom stereocenters. The summed E-state index contributed by atoms with van der Waals surface area (Å²) in [6.07, 6.45) is 3.37. The van der Waals surface area contributed by atoms with Crippen molar-refractivity contribution in [2.24, 2.45) is 0 Å². The molecule has 4 nitrogen and oxygen atoms in total. The van der Waals surface area contributed by atoms with Gasteiger partial charge in [-0.3, -0.25) is 4.98 Å². The van der Waals surface area contributed by atoms with Crippen molar-refractivity contribution in [3.63, 3.8) is 0 Å². The second-order valence-electron chi connectivity index (χ2n) is 4.46. The number of pyridine rings is 1. The van der Waals surface area contributed by atoms with Gasteiger partial charge in [0, 0.05) is 6.20 Å². The fourth-order valence-electron chi connectivity index (χ4n) is 2.27. The van der Waals surface area contributed by atoms with E-state index in [-0.39, 0.29) is 5.82 Å². The number of hydrogen-bond acceptors (Lipinski definition) is 3. The Morgan fingerprint density at radius 3 is 2.70 bits per heavy atom. The van der Waals surface area contributed by atoms with Crippen LogP contribution in [0, 0.1) is 5.82 Å². The zero-order valence-electron chi connectivity index (χ0n) is 10.3. The van der Waals surface area contributed by atoms with E-state index in [0.717, 1.165) is 16.6 Å². The first kappa shape index (κ1) is 11.0. The minimum atomic E-state index is -0.334. The van der Waals surface area contributed by atoms with Crippen LogP contribution in [-0.4, -0.2) is 19.9 Å². The van der Waals surface area contributed by atoms with E-state index in [4.69, 9.17) is 0 Å². The Morgan fingerprint density at radius 2 is 1.80 bits per heavy atom. The molecule has 3 aromatic heterocycles. The lowest BCUT2D eigenvalue weighted by Crippen LogP contribution is -1.91. The van der Waals surface area contributed by atoms with E-state index in [1.165, 1.54) is 6.07 Å². The topological polar surface area (TPSA) is 54.5 Å². The van der Waals surface area contributed by atoms with Crippen molar-refractivity contribution in [3.05, 3.63) is 54.6 Å². The van der Waals surface area contributed by atoms with Gasteiger partial charge in [-0.05, 0) is 24.3 Å². The Morgan fingerprint density at radius 1 is 0.900 bits per heavy atom. The second kappa shape index (κ2) is 4.09. The van der Waals surface area contributed by atoms with Gasteiger partial charge >= 0.3 is 0 Å². The number of halogens is 1. The van der Waals surface area contributed by atoms with Gasteiger partial charge in [0.15, 0.2) is 5.82 Å². The molecule has 0 aliphatic carbocycles. The number of nitrogens with one attached hydrogen (secondary N) is 1. The molecule has 3 heterocycles. The van der Waals surface area contributed by atoms with Crippen molar-refractivity contribution in [1.82, 2.24) is 19.9 Å². The van der Waals surface area contributed by atoms with Crippen molar-refractivity contribution < 1.29 is 4.39 Å². The number of benzene rings is 1. The highest BCUT2D eigenvalue weighted by molar-refractivity contribution is 6.02. The highest BCUT2D eigenvalue weighted by atomic mass is 19.1. The van der Waals surface area contributed by atoms with Crippen molar-refractivity contribution >= 4 is 22.1 Å². The summed E-state index contributed by atoms with van der Waals surface area (Å²) in [5.41, 5.74) is 3.54. The third kappa shape index (κ3) is 1.56. The normalized spacial score (nSPS) is 11.2. The first-order valence-electron chi connectivity index (χ1n) is 6.17. The average Bonchev–Trinajstić information content (AvgIpc) is 2.85. The maximum atomic E-state index is 13.8. The van der Waals surface area contributed by atoms with Gasteiger partial charge in [-0.1, -0.05) is 12.1 Å². The van der Waals surface area contributed by atoms with Crippen molar-refractivity contribution in [1.29, 1.82) is 0 Å². The van der Waals surface area contributed by atoms with Crippen LogP contribution in [0.15, 0.2) is 48.8 Å². The molecule has 1 aromatic carbocycles. The molecule has 0 aliphatic heterocycles. The summed E-state index contributed by atoms with van der Waals surface area (Å²) in [5.74, 6) is 0.0294. The Hall–Kier alpha value is -2.82. The predicted molar refractivity (Wildman–Crippen MR) is 74.6 cm³/mol. The third-order valence-corrected chi connectivity index (χ3v) is 3.20. The summed E-state index contributed by atoms with van der Waals surface area (Å²) >= 11 is 0. The van der Waals surface area contributed by atoms with Crippen LogP contribution >= 0.6 is 0 Å². The lowest BCUT2D eigenvalue weighted by Gasteiger charge is -2.01. The van der Waals surface area contributed by atoms with Crippen LogP contribution in [0.25, 0.3) is 33.5 Å². The quantitative estimate of drug-likeness (QED) is 0.574. The molecule has 4 rings (SSSR count). The van der Waals surface area contributed by atoms with Gasteiger partial charge in [0.2, 0.25) is 0 Å². The maximum Gasteiger partial charge on any atom is 0.162 e. The molecule has 0 amide bonds. The zero-order valence-corrected chi connectivity index (χ0v) is 10.3. The van der Waals surface area contributed by atoms with E-state index >= 15 is 0 Å². The monoisotopic (exact) mass is 264 g/mol. The third-order valence-electron chi connectivity index (χ3n) is 3.20. The largest absolute Gasteiger partial charge is 0.351 e.